The second-order valence-electron chi connectivity index (χ2n) is 6.82. The summed E-state index contributed by atoms with van der Waals surface area (Å²) < 4.78 is 10.6. The number of carbonyl (C=O) groups excluding carboxylic acids is 1. The maximum atomic E-state index is 12.4. The molecule has 1 aromatic heterocycles. The van der Waals surface area contributed by atoms with Gasteiger partial charge in [0, 0.05) is 11.3 Å². The molecule has 0 bridgehead atoms. The molecule has 1 amide bonds. The molecule has 0 aliphatic carbocycles. The molecule has 0 saturated carbocycles. The zero-order valence-corrected chi connectivity index (χ0v) is 15.7. The number of nitrogens with zero attached hydrogens (tertiary/aromatic N) is 1. The summed E-state index contributed by atoms with van der Waals surface area (Å²) in [5.41, 5.74) is 3.63. The van der Waals surface area contributed by atoms with Crippen LogP contribution in [0.2, 0.25) is 0 Å². The predicted octanol–water partition coefficient (Wildman–Crippen LogP) is 4.93. The van der Waals surface area contributed by atoms with E-state index in [9.17, 15) is 4.79 Å². The Kier molecular flexibility index (Phi) is 4.85. The van der Waals surface area contributed by atoms with Crippen molar-refractivity contribution in [3.63, 3.8) is 0 Å². The first-order chi connectivity index (χ1) is 13.6. The van der Waals surface area contributed by atoms with Gasteiger partial charge >= 0.3 is 0 Å². The van der Waals surface area contributed by atoms with Gasteiger partial charge in [0.25, 0.3) is 5.91 Å². The number of hydrogen-bond donors (Lipinski definition) is 2. The van der Waals surface area contributed by atoms with E-state index >= 15 is 0 Å². The topological polar surface area (TPSA) is 72.5 Å². The third kappa shape index (κ3) is 3.76. The van der Waals surface area contributed by atoms with Crippen LogP contribution in [0.4, 0.5) is 17.2 Å². The lowest BCUT2D eigenvalue weighted by atomic mass is 10.0. The minimum absolute atomic E-state index is 0.177. The molecule has 0 atom stereocenters. The van der Waals surface area contributed by atoms with E-state index in [0.29, 0.717) is 28.8 Å². The highest BCUT2D eigenvalue weighted by Gasteiger charge is 2.16. The van der Waals surface area contributed by atoms with E-state index in [1.807, 2.05) is 24.3 Å². The van der Waals surface area contributed by atoms with Crippen LogP contribution >= 0.6 is 0 Å². The minimum atomic E-state index is -0.253. The lowest BCUT2D eigenvalue weighted by molar-refractivity contribution is 0.102. The SMILES string of the molecule is CC(C)c1ccccc1Nc1ccc(NC(=O)c2ccc3c(c2)OCO3)nc1. The standard InChI is InChI=1S/C22H21N3O3/c1-14(2)17-5-3-4-6-18(17)24-16-8-10-21(23-12-16)25-22(26)15-7-9-19-20(11-15)28-13-27-19/h3-12,14,24H,13H2,1-2H3,(H,23,25,26). The number of rotatable bonds is 5. The van der Waals surface area contributed by atoms with Crippen LogP contribution in [0.5, 0.6) is 11.5 Å². The molecule has 142 valence electrons. The Hall–Kier alpha value is -3.54. The van der Waals surface area contributed by atoms with E-state index in [1.165, 1.54) is 5.56 Å². The van der Waals surface area contributed by atoms with Crippen LogP contribution in [-0.2, 0) is 0 Å². The van der Waals surface area contributed by atoms with E-state index < -0.39 is 0 Å². The van der Waals surface area contributed by atoms with Crippen molar-refractivity contribution >= 4 is 23.1 Å². The number of carbonyl (C=O) groups is 1. The Balaban J connectivity index is 1.44. The van der Waals surface area contributed by atoms with Crippen LogP contribution in [0, 0.1) is 0 Å². The Bertz CT molecular complexity index is 1000. The van der Waals surface area contributed by atoms with Crippen molar-refractivity contribution in [2.75, 3.05) is 17.4 Å². The Morgan fingerprint density at radius 2 is 1.86 bits per heavy atom. The lowest BCUT2D eigenvalue weighted by Crippen LogP contribution is -2.12. The van der Waals surface area contributed by atoms with Gasteiger partial charge in [-0.3, -0.25) is 4.79 Å². The molecule has 0 radical (unpaired) electrons. The summed E-state index contributed by atoms with van der Waals surface area (Å²) in [6, 6.07) is 16.9. The summed E-state index contributed by atoms with van der Waals surface area (Å²) in [5, 5.41) is 6.18. The quantitative estimate of drug-likeness (QED) is 0.661. The molecule has 28 heavy (non-hydrogen) atoms. The molecular formula is C22H21N3O3. The van der Waals surface area contributed by atoms with Gasteiger partial charge in [0.05, 0.1) is 11.9 Å². The Morgan fingerprint density at radius 1 is 1.04 bits per heavy atom. The smallest absolute Gasteiger partial charge is 0.256 e. The summed E-state index contributed by atoms with van der Waals surface area (Å²) in [6.45, 7) is 4.50. The number of aromatic nitrogens is 1. The number of fused-ring (bicyclic) bond motifs is 1. The zero-order valence-electron chi connectivity index (χ0n) is 15.7. The molecule has 0 saturated heterocycles. The highest BCUT2D eigenvalue weighted by molar-refractivity contribution is 6.04. The van der Waals surface area contributed by atoms with Gasteiger partial charge in [-0.2, -0.15) is 0 Å². The highest BCUT2D eigenvalue weighted by Crippen LogP contribution is 2.32. The number of ether oxygens (including phenoxy) is 2. The van der Waals surface area contributed by atoms with Gasteiger partial charge in [-0.15, -0.1) is 0 Å². The van der Waals surface area contributed by atoms with Crippen molar-refractivity contribution < 1.29 is 14.3 Å². The average Bonchev–Trinajstić information content (AvgIpc) is 3.17. The van der Waals surface area contributed by atoms with Crippen LogP contribution in [0.15, 0.2) is 60.8 Å². The fourth-order valence-electron chi connectivity index (χ4n) is 3.04. The number of amides is 1. The lowest BCUT2D eigenvalue weighted by Gasteiger charge is -2.14. The fourth-order valence-corrected chi connectivity index (χ4v) is 3.04. The molecule has 6 nitrogen and oxygen atoms in total. The van der Waals surface area contributed by atoms with Crippen LogP contribution < -0.4 is 20.1 Å². The molecule has 0 spiro atoms. The first-order valence-corrected chi connectivity index (χ1v) is 9.13. The molecular weight excluding hydrogens is 354 g/mol. The zero-order chi connectivity index (χ0) is 19.5. The summed E-state index contributed by atoms with van der Waals surface area (Å²) >= 11 is 0. The molecule has 2 N–H and O–H groups in total. The van der Waals surface area contributed by atoms with E-state index in [0.717, 1.165) is 11.4 Å². The molecule has 2 heterocycles. The van der Waals surface area contributed by atoms with E-state index in [4.69, 9.17) is 9.47 Å². The van der Waals surface area contributed by atoms with E-state index in [2.05, 4.69) is 35.5 Å². The number of hydrogen-bond acceptors (Lipinski definition) is 5. The molecule has 1 aliphatic heterocycles. The van der Waals surface area contributed by atoms with E-state index in [-0.39, 0.29) is 12.7 Å². The highest BCUT2D eigenvalue weighted by atomic mass is 16.7. The first-order valence-electron chi connectivity index (χ1n) is 9.13. The summed E-state index contributed by atoms with van der Waals surface area (Å²) in [4.78, 5) is 16.8. The third-order valence-corrected chi connectivity index (χ3v) is 4.50. The Morgan fingerprint density at radius 3 is 2.64 bits per heavy atom. The largest absolute Gasteiger partial charge is 0.454 e. The summed E-state index contributed by atoms with van der Waals surface area (Å²) in [7, 11) is 0. The fraction of sp³-hybridized carbons (Fsp3) is 0.182. The average molecular weight is 375 g/mol. The number of para-hydroxylation sites is 1. The summed E-state index contributed by atoms with van der Waals surface area (Å²) in [6.07, 6.45) is 1.70. The van der Waals surface area contributed by atoms with Gasteiger partial charge in [0.1, 0.15) is 5.82 Å². The maximum absolute atomic E-state index is 12.4. The van der Waals surface area contributed by atoms with Crippen LogP contribution in [0.1, 0.15) is 35.7 Å². The molecule has 6 heteroatoms. The van der Waals surface area contributed by atoms with Gasteiger partial charge in [0.15, 0.2) is 11.5 Å². The number of nitrogens with one attached hydrogen (secondary N) is 2. The van der Waals surface area contributed by atoms with Crippen molar-refractivity contribution in [1.82, 2.24) is 4.98 Å². The third-order valence-electron chi connectivity index (χ3n) is 4.50. The van der Waals surface area contributed by atoms with Crippen molar-refractivity contribution in [2.45, 2.75) is 19.8 Å². The molecule has 0 fully saturated rings. The Labute approximate surface area is 163 Å². The molecule has 1 aliphatic rings. The maximum Gasteiger partial charge on any atom is 0.256 e. The van der Waals surface area contributed by atoms with Gasteiger partial charge < -0.3 is 20.1 Å². The van der Waals surface area contributed by atoms with Crippen molar-refractivity contribution in [1.29, 1.82) is 0 Å². The van der Waals surface area contributed by atoms with Gasteiger partial charge in [-0.05, 0) is 47.9 Å². The van der Waals surface area contributed by atoms with Crippen molar-refractivity contribution in [3.05, 3.63) is 71.9 Å². The molecule has 4 rings (SSSR count). The predicted molar refractivity (Wildman–Crippen MR) is 109 cm³/mol. The normalized spacial score (nSPS) is 12.1. The monoisotopic (exact) mass is 375 g/mol. The minimum Gasteiger partial charge on any atom is -0.454 e. The van der Waals surface area contributed by atoms with Gasteiger partial charge in [-0.1, -0.05) is 32.0 Å². The second-order valence-corrected chi connectivity index (χ2v) is 6.82. The number of pyridine rings is 1. The van der Waals surface area contributed by atoms with Crippen LogP contribution in [-0.4, -0.2) is 17.7 Å². The molecule has 3 aromatic rings. The van der Waals surface area contributed by atoms with Crippen molar-refractivity contribution in [3.8, 4) is 11.5 Å². The van der Waals surface area contributed by atoms with Crippen LogP contribution in [0.3, 0.4) is 0 Å². The second kappa shape index (κ2) is 7.60. The van der Waals surface area contributed by atoms with Crippen molar-refractivity contribution in [2.24, 2.45) is 0 Å². The number of benzene rings is 2. The first kappa shape index (κ1) is 17.9. The molecule has 0 unspecified atom stereocenters. The summed E-state index contributed by atoms with van der Waals surface area (Å²) in [5.74, 6) is 1.86. The number of anilines is 3. The molecule has 2 aromatic carbocycles. The van der Waals surface area contributed by atoms with Gasteiger partial charge in [-0.25, -0.2) is 4.98 Å². The van der Waals surface area contributed by atoms with Crippen LogP contribution in [0.25, 0.3) is 0 Å². The van der Waals surface area contributed by atoms with E-state index in [1.54, 1.807) is 30.5 Å². The van der Waals surface area contributed by atoms with Gasteiger partial charge in [0.2, 0.25) is 6.79 Å².